The summed E-state index contributed by atoms with van der Waals surface area (Å²) in [4.78, 5) is 10.9. The van der Waals surface area contributed by atoms with Crippen molar-refractivity contribution in [2.45, 2.75) is 0 Å². The molecule has 4 rings (SSSR count). The van der Waals surface area contributed by atoms with E-state index in [0.717, 1.165) is 0 Å². The minimum Gasteiger partial charge on any atom is -0.486 e. The van der Waals surface area contributed by atoms with E-state index in [9.17, 15) is 10.1 Å². The molecular formula is C16H15N5O6. The predicted molar refractivity (Wildman–Crippen MR) is 94.7 cm³/mol. The third kappa shape index (κ3) is 3.15. The van der Waals surface area contributed by atoms with Crippen molar-refractivity contribution in [2.24, 2.45) is 0 Å². The van der Waals surface area contributed by atoms with Gasteiger partial charge in [0.25, 0.3) is 0 Å². The lowest BCUT2D eigenvalue weighted by atomic mass is 10.1. The minimum absolute atomic E-state index is 0.00276. The molecule has 140 valence electrons. The fourth-order valence-electron chi connectivity index (χ4n) is 2.81. The topological polar surface area (TPSA) is 145 Å². The summed E-state index contributed by atoms with van der Waals surface area (Å²) in [5.41, 5.74) is 1.26. The van der Waals surface area contributed by atoms with Crippen molar-refractivity contribution in [1.82, 2.24) is 10.3 Å². The molecule has 0 saturated carbocycles. The number of rotatable bonds is 6. The normalized spacial score (nSPS) is 12.8. The average Bonchev–Trinajstić information content (AvgIpc) is 3.15. The van der Waals surface area contributed by atoms with E-state index in [4.69, 9.17) is 19.2 Å². The highest BCUT2D eigenvalue weighted by Gasteiger charge is 2.26. The van der Waals surface area contributed by atoms with Crippen LogP contribution in [0.2, 0.25) is 0 Å². The maximum atomic E-state index is 11.5. The van der Waals surface area contributed by atoms with Crippen LogP contribution in [0.25, 0.3) is 11.0 Å². The molecule has 11 nitrogen and oxygen atoms in total. The van der Waals surface area contributed by atoms with E-state index in [2.05, 4.69) is 20.9 Å². The first kappa shape index (κ1) is 16.8. The maximum absolute atomic E-state index is 11.5. The summed E-state index contributed by atoms with van der Waals surface area (Å²) < 4.78 is 15.8. The standard InChI is InChI=1S/C16H15N5O6/c22-4-3-17-11-8-10(14-15(20-27-19-14)16(11)21(23)24)18-9-1-2-12-13(7-9)26-6-5-25-12/h1-2,7-8,17-18,22H,3-6H2. The van der Waals surface area contributed by atoms with Gasteiger partial charge in [-0.15, -0.1) is 0 Å². The van der Waals surface area contributed by atoms with E-state index in [1.165, 1.54) is 6.07 Å². The van der Waals surface area contributed by atoms with Crippen LogP contribution >= 0.6 is 0 Å². The average molecular weight is 373 g/mol. The largest absolute Gasteiger partial charge is 0.486 e. The zero-order valence-corrected chi connectivity index (χ0v) is 14.0. The fraction of sp³-hybridized carbons (Fsp3) is 0.250. The second-order valence-corrected chi connectivity index (χ2v) is 5.67. The number of aliphatic hydroxyl groups excluding tert-OH is 1. The molecule has 1 aliphatic rings. The lowest BCUT2D eigenvalue weighted by Crippen LogP contribution is -2.15. The second kappa shape index (κ2) is 6.96. The molecule has 2 aromatic carbocycles. The van der Waals surface area contributed by atoms with Gasteiger partial charge in [0, 0.05) is 18.3 Å². The van der Waals surface area contributed by atoms with Gasteiger partial charge in [0.05, 0.1) is 17.2 Å². The highest BCUT2D eigenvalue weighted by atomic mass is 16.6. The third-order valence-corrected chi connectivity index (χ3v) is 3.94. The molecule has 0 bridgehead atoms. The van der Waals surface area contributed by atoms with E-state index in [1.54, 1.807) is 18.2 Å². The van der Waals surface area contributed by atoms with Crippen LogP contribution in [0.3, 0.4) is 0 Å². The van der Waals surface area contributed by atoms with Crippen LogP contribution in [0.15, 0.2) is 28.9 Å². The number of nitrogens with one attached hydrogen (secondary N) is 2. The van der Waals surface area contributed by atoms with Crippen LogP contribution in [0, 0.1) is 10.1 Å². The van der Waals surface area contributed by atoms with Crippen molar-refractivity contribution >= 4 is 33.8 Å². The van der Waals surface area contributed by atoms with Crippen molar-refractivity contribution in [3.8, 4) is 11.5 Å². The number of benzene rings is 2. The first-order chi connectivity index (χ1) is 13.2. The van der Waals surface area contributed by atoms with E-state index in [1.807, 2.05) is 0 Å². The van der Waals surface area contributed by atoms with Gasteiger partial charge >= 0.3 is 5.69 Å². The monoisotopic (exact) mass is 373 g/mol. The Balaban J connectivity index is 1.76. The number of nitro benzene ring substituents is 1. The van der Waals surface area contributed by atoms with E-state index < -0.39 is 4.92 Å². The quantitative estimate of drug-likeness (QED) is 0.433. The summed E-state index contributed by atoms with van der Waals surface area (Å²) >= 11 is 0. The summed E-state index contributed by atoms with van der Waals surface area (Å²) in [7, 11) is 0. The Hall–Kier alpha value is -3.60. The molecule has 0 spiro atoms. The van der Waals surface area contributed by atoms with Crippen molar-refractivity contribution in [3.05, 3.63) is 34.4 Å². The molecule has 0 atom stereocenters. The van der Waals surface area contributed by atoms with Crippen LogP contribution in [0.1, 0.15) is 0 Å². The van der Waals surface area contributed by atoms with Gasteiger partial charge in [-0.3, -0.25) is 10.1 Å². The van der Waals surface area contributed by atoms with Crippen molar-refractivity contribution in [1.29, 1.82) is 0 Å². The number of nitrogens with zero attached hydrogens (tertiary/aromatic N) is 3. The number of fused-ring (bicyclic) bond motifs is 2. The lowest BCUT2D eigenvalue weighted by molar-refractivity contribution is -0.382. The Labute approximate surface area is 152 Å². The molecule has 0 aliphatic carbocycles. The maximum Gasteiger partial charge on any atom is 0.323 e. The zero-order valence-electron chi connectivity index (χ0n) is 14.0. The number of anilines is 3. The lowest BCUT2D eigenvalue weighted by Gasteiger charge is -2.19. The van der Waals surface area contributed by atoms with Gasteiger partial charge in [-0.2, -0.15) is 0 Å². The number of hydrogen-bond acceptors (Lipinski definition) is 10. The Kier molecular flexibility index (Phi) is 4.34. The molecule has 3 aromatic rings. The molecule has 1 aliphatic heterocycles. The molecule has 0 radical (unpaired) electrons. The van der Waals surface area contributed by atoms with Gasteiger partial charge in [0.1, 0.15) is 18.9 Å². The summed E-state index contributed by atoms with van der Waals surface area (Å²) in [6.45, 7) is 0.909. The molecule has 0 fully saturated rings. The number of aliphatic hydroxyl groups is 1. The summed E-state index contributed by atoms with van der Waals surface area (Å²) in [6, 6.07) is 6.84. The number of ether oxygens (including phenoxy) is 2. The van der Waals surface area contributed by atoms with Crippen LogP contribution in [-0.2, 0) is 0 Å². The molecule has 0 amide bonds. The Bertz CT molecular complexity index is 1000. The number of hydrogen-bond donors (Lipinski definition) is 3. The SMILES string of the molecule is O=[N+]([O-])c1c(NCCO)cc(Nc2ccc3c(c2)OCCO3)c2nonc12. The van der Waals surface area contributed by atoms with Gasteiger partial charge in [0.2, 0.25) is 5.52 Å². The Morgan fingerprint density at radius 1 is 1.11 bits per heavy atom. The first-order valence-corrected chi connectivity index (χ1v) is 8.12. The molecule has 2 heterocycles. The summed E-state index contributed by atoms with van der Waals surface area (Å²) in [5, 5.41) is 33.9. The van der Waals surface area contributed by atoms with Gasteiger partial charge in [-0.1, -0.05) is 0 Å². The van der Waals surface area contributed by atoms with Gasteiger partial charge < -0.3 is 25.2 Å². The smallest absolute Gasteiger partial charge is 0.323 e. The zero-order chi connectivity index (χ0) is 18.8. The van der Waals surface area contributed by atoms with Crippen LogP contribution < -0.4 is 20.1 Å². The van der Waals surface area contributed by atoms with Gasteiger partial charge in [0.15, 0.2) is 17.0 Å². The van der Waals surface area contributed by atoms with Crippen LogP contribution in [0.5, 0.6) is 11.5 Å². The molecule has 0 saturated heterocycles. The molecule has 3 N–H and O–H groups in total. The molecular weight excluding hydrogens is 358 g/mol. The first-order valence-electron chi connectivity index (χ1n) is 8.12. The third-order valence-electron chi connectivity index (χ3n) is 3.94. The molecule has 11 heteroatoms. The summed E-state index contributed by atoms with van der Waals surface area (Å²) in [6.07, 6.45) is 0. The van der Waals surface area contributed by atoms with E-state index >= 15 is 0 Å². The van der Waals surface area contributed by atoms with Gasteiger partial charge in [-0.05, 0) is 28.5 Å². The second-order valence-electron chi connectivity index (χ2n) is 5.67. The van der Waals surface area contributed by atoms with Crippen molar-refractivity contribution in [3.63, 3.8) is 0 Å². The van der Waals surface area contributed by atoms with Crippen LogP contribution in [0.4, 0.5) is 22.7 Å². The van der Waals surface area contributed by atoms with Crippen LogP contribution in [-0.4, -0.2) is 46.7 Å². The molecule has 27 heavy (non-hydrogen) atoms. The van der Waals surface area contributed by atoms with Gasteiger partial charge in [-0.25, -0.2) is 4.63 Å². The van der Waals surface area contributed by atoms with E-state index in [0.29, 0.717) is 36.1 Å². The minimum atomic E-state index is -0.569. The fourth-order valence-corrected chi connectivity index (χ4v) is 2.81. The highest BCUT2D eigenvalue weighted by Crippen LogP contribution is 2.39. The Morgan fingerprint density at radius 2 is 1.89 bits per heavy atom. The van der Waals surface area contributed by atoms with Crippen molar-refractivity contribution in [2.75, 3.05) is 37.0 Å². The Morgan fingerprint density at radius 3 is 2.67 bits per heavy atom. The van der Waals surface area contributed by atoms with Crippen molar-refractivity contribution < 1.29 is 24.1 Å². The highest BCUT2D eigenvalue weighted by molar-refractivity contribution is 6.00. The molecule has 1 aromatic heterocycles. The number of nitro groups is 1. The number of aromatic nitrogens is 2. The summed E-state index contributed by atoms with van der Waals surface area (Å²) in [5.74, 6) is 1.25. The molecule has 0 unspecified atom stereocenters. The predicted octanol–water partition coefficient (Wildman–Crippen LogP) is 2.05. The van der Waals surface area contributed by atoms with E-state index in [-0.39, 0.29) is 35.6 Å².